The Hall–Kier alpha value is -1.11. The van der Waals surface area contributed by atoms with Gasteiger partial charge in [-0.15, -0.1) is 0 Å². The Labute approximate surface area is 135 Å². The van der Waals surface area contributed by atoms with E-state index in [0.717, 1.165) is 29.9 Å². The second-order valence-corrected chi connectivity index (χ2v) is 6.65. The number of nitrogens with zero attached hydrogens (tertiary/aromatic N) is 2. The number of aliphatic hydroxyl groups is 1. The number of thioether (sulfide) groups is 1. The van der Waals surface area contributed by atoms with Crippen LogP contribution in [0.25, 0.3) is 0 Å². The third-order valence-electron chi connectivity index (χ3n) is 3.55. The van der Waals surface area contributed by atoms with Gasteiger partial charge in [0.25, 0.3) is 5.91 Å². The van der Waals surface area contributed by atoms with Gasteiger partial charge in [0.2, 0.25) is 0 Å². The Balaban J connectivity index is 2.31. The minimum absolute atomic E-state index is 0.000548. The van der Waals surface area contributed by atoms with Crippen LogP contribution in [0.3, 0.4) is 0 Å². The second-order valence-electron chi connectivity index (χ2n) is 5.00. The molecule has 0 atom stereocenters. The SMILES string of the molecule is CCN1C(=O)C(=C2C=C(C)N(CCCO)C(C)=C2)SC1=S. The van der Waals surface area contributed by atoms with Crippen LogP contribution in [-0.4, -0.2) is 44.8 Å². The predicted molar refractivity (Wildman–Crippen MR) is 90.5 cm³/mol. The highest BCUT2D eigenvalue weighted by Gasteiger charge is 2.33. The number of thiocarbonyl (C=S) groups is 1. The molecule has 0 aromatic heterocycles. The number of hydrogen-bond acceptors (Lipinski definition) is 5. The first-order valence-corrected chi connectivity index (χ1v) is 8.25. The minimum Gasteiger partial charge on any atom is -0.396 e. The van der Waals surface area contributed by atoms with Gasteiger partial charge in [-0.25, -0.2) is 0 Å². The van der Waals surface area contributed by atoms with E-state index in [-0.39, 0.29) is 12.5 Å². The molecule has 6 heteroatoms. The zero-order valence-electron chi connectivity index (χ0n) is 12.5. The van der Waals surface area contributed by atoms with Crippen molar-refractivity contribution in [2.75, 3.05) is 19.7 Å². The standard InChI is InChI=1S/C15H20N2O2S2/c1-4-16-14(19)13(21-15(16)20)12-8-10(2)17(6-5-7-18)11(3)9-12/h8-9,18H,4-7H2,1-3H3. The van der Waals surface area contributed by atoms with Crippen LogP contribution in [-0.2, 0) is 4.79 Å². The number of carbonyl (C=O) groups excluding carboxylic acids is 1. The number of carbonyl (C=O) groups is 1. The Morgan fingerprint density at radius 2 is 1.86 bits per heavy atom. The monoisotopic (exact) mass is 324 g/mol. The number of likely N-dealkylation sites (N-methyl/N-ethyl adjacent to an activating group) is 1. The lowest BCUT2D eigenvalue weighted by Crippen LogP contribution is -2.28. The summed E-state index contributed by atoms with van der Waals surface area (Å²) in [5, 5.41) is 8.97. The first-order valence-electron chi connectivity index (χ1n) is 7.02. The summed E-state index contributed by atoms with van der Waals surface area (Å²) < 4.78 is 0.629. The molecule has 2 aliphatic rings. The second kappa shape index (κ2) is 6.77. The average molecular weight is 324 g/mol. The lowest BCUT2D eigenvalue weighted by Gasteiger charge is -2.29. The van der Waals surface area contributed by atoms with Crippen LogP contribution in [0, 0.1) is 0 Å². The van der Waals surface area contributed by atoms with Crippen LogP contribution in [0.2, 0.25) is 0 Å². The largest absolute Gasteiger partial charge is 0.396 e. The average Bonchev–Trinajstić information content (AvgIpc) is 2.72. The van der Waals surface area contributed by atoms with E-state index < -0.39 is 0 Å². The van der Waals surface area contributed by atoms with Crippen molar-refractivity contribution in [2.24, 2.45) is 0 Å². The molecule has 1 N–H and O–H groups in total. The fourth-order valence-electron chi connectivity index (χ4n) is 2.49. The molecule has 2 rings (SSSR count). The molecule has 0 aromatic carbocycles. The number of amides is 1. The summed E-state index contributed by atoms with van der Waals surface area (Å²) in [6, 6.07) is 0. The summed E-state index contributed by atoms with van der Waals surface area (Å²) >= 11 is 6.63. The maximum atomic E-state index is 12.4. The quantitative estimate of drug-likeness (QED) is 0.636. The summed E-state index contributed by atoms with van der Waals surface area (Å²) in [6.45, 7) is 7.54. The third kappa shape index (κ3) is 3.22. The Kier molecular flexibility index (Phi) is 5.24. The molecular formula is C15H20N2O2S2. The van der Waals surface area contributed by atoms with Crippen molar-refractivity contribution in [3.8, 4) is 0 Å². The minimum atomic E-state index is -0.000548. The molecule has 0 spiro atoms. The lowest BCUT2D eigenvalue weighted by atomic mass is 10.1. The first-order chi connectivity index (χ1) is 9.99. The van der Waals surface area contributed by atoms with Gasteiger partial charge in [0.1, 0.15) is 4.32 Å². The zero-order chi connectivity index (χ0) is 15.6. The van der Waals surface area contributed by atoms with Crippen molar-refractivity contribution in [3.05, 3.63) is 34.0 Å². The topological polar surface area (TPSA) is 43.8 Å². The van der Waals surface area contributed by atoms with E-state index in [1.807, 2.05) is 32.9 Å². The van der Waals surface area contributed by atoms with Gasteiger partial charge in [-0.3, -0.25) is 9.69 Å². The Morgan fingerprint density at radius 3 is 2.33 bits per heavy atom. The Bertz CT molecular complexity index is 542. The van der Waals surface area contributed by atoms with Crippen LogP contribution in [0.5, 0.6) is 0 Å². The van der Waals surface area contributed by atoms with Crippen LogP contribution >= 0.6 is 24.0 Å². The Morgan fingerprint density at radius 1 is 1.24 bits per heavy atom. The molecule has 0 saturated carbocycles. The molecule has 4 nitrogen and oxygen atoms in total. The number of allylic oxidation sites excluding steroid dienone is 5. The highest BCUT2D eigenvalue weighted by atomic mass is 32.2. The van der Waals surface area contributed by atoms with Crippen molar-refractivity contribution in [1.29, 1.82) is 0 Å². The van der Waals surface area contributed by atoms with Gasteiger partial charge in [0, 0.05) is 31.1 Å². The highest BCUT2D eigenvalue weighted by Crippen LogP contribution is 2.36. The van der Waals surface area contributed by atoms with Crippen molar-refractivity contribution in [2.45, 2.75) is 27.2 Å². The van der Waals surface area contributed by atoms with E-state index in [4.69, 9.17) is 17.3 Å². The van der Waals surface area contributed by atoms with Gasteiger partial charge >= 0.3 is 0 Å². The van der Waals surface area contributed by atoms with Gasteiger partial charge in [0.15, 0.2) is 0 Å². The molecule has 0 radical (unpaired) electrons. The molecule has 2 aliphatic heterocycles. The summed E-state index contributed by atoms with van der Waals surface area (Å²) in [7, 11) is 0. The van der Waals surface area contributed by atoms with Gasteiger partial charge in [-0.2, -0.15) is 0 Å². The van der Waals surface area contributed by atoms with Gasteiger partial charge in [-0.05, 0) is 44.9 Å². The fourth-order valence-corrected chi connectivity index (χ4v) is 3.88. The zero-order valence-corrected chi connectivity index (χ0v) is 14.2. The summed E-state index contributed by atoms with van der Waals surface area (Å²) in [5.41, 5.74) is 3.10. The van der Waals surface area contributed by atoms with Crippen LogP contribution in [0.4, 0.5) is 0 Å². The van der Waals surface area contributed by atoms with E-state index >= 15 is 0 Å². The van der Waals surface area contributed by atoms with E-state index in [2.05, 4.69) is 4.90 Å². The molecule has 0 unspecified atom stereocenters. The summed E-state index contributed by atoms with van der Waals surface area (Å²) in [6.07, 6.45) is 4.77. The molecule has 0 bridgehead atoms. The van der Waals surface area contributed by atoms with E-state index in [1.165, 1.54) is 11.8 Å². The maximum Gasteiger partial charge on any atom is 0.266 e. The summed E-state index contributed by atoms with van der Waals surface area (Å²) in [4.78, 5) is 16.9. The first kappa shape index (κ1) is 16.3. The number of aliphatic hydroxyl groups excluding tert-OH is 1. The van der Waals surface area contributed by atoms with Gasteiger partial charge in [0.05, 0.1) is 4.91 Å². The van der Waals surface area contributed by atoms with E-state index in [9.17, 15) is 4.79 Å². The normalized spacial score (nSPS) is 19.4. The molecule has 0 aliphatic carbocycles. The van der Waals surface area contributed by atoms with Crippen LogP contribution in [0.1, 0.15) is 27.2 Å². The number of hydrogen-bond donors (Lipinski definition) is 1. The highest BCUT2D eigenvalue weighted by molar-refractivity contribution is 8.26. The van der Waals surface area contributed by atoms with Crippen molar-refractivity contribution in [1.82, 2.24) is 9.80 Å². The lowest BCUT2D eigenvalue weighted by molar-refractivity contribution is -0.122. The van der Waals surface area contributed by atoms with Crippen molar-refractivity contribution in [3.63, 3.8) is 0 Å². The fraction of sp³-hybridized carbons (Fsp3) is 0.467. The summed E-state index contributed by atoms with van der Waals surface area (Å²) in [5.74, 6) is -0.000548. The van der Waals surface area contributed by atoms with Gasteiger partial charge < -0.3 is 10.0 Å². The predicted octanol–water partition coefficient (Wildman–Crippen LogP) is 2.63. The molecule has 1 fully saturated rings. The maximum absolute atomic E-state index is 12.4. The van der Waals surface area contributed by atoms with E-state index in [1.54, 1.807) is 4.90 Å². The molecule has 0 aromatic rings. The third-order valence-corrected chi connectivity index (χ3v) is 5.03. The van der Waals surface area contributed by atoms with Crippen molar-refractivity contribution >= 4 is 34.2 Å². The number of rotatable bonds is 4. The molecule has 1 saturated heterocycles. The smallest absolute Gasteiger partial charge is 0.266 e. The molecular weight excluding hydrogens is 304 g/mol. The van der Waals surface area contributed by atoms with Crippen LogP contribution < -0.4 is 0 Å². The molecule has 114 valence electrons. The van der Waals surface area contributed by atoms with E-state index in [0.29, 0.717) is 15.8 Å². The van der Waals surface area contributed by atoms with Crippen LogP contribution in [0.15, 0.2) is 34.0 Å². The molecule has 2 heterocycles. The van der Waals surface area contributed by atoms with Gasteiger partial charge in [-0.1, -0.05) is 24.0 Å². The molecule has 21 heavy (non-hydrogen) atoms. The van der Waals surface area contributed by atoms with Crippen molar-refractivity contribution < 1.29 is 9.90 Å². The molecule has 1 amide bonds.